The molecule has 5 heteroatoms. The zero-order chi connectivity index (χ0) is 15.5. The van der Waals surface area contributed by atoms with E-state index >= 15 is 0 Å². The molecule has 1 saturated carbocycles. The zero-order valence-corrected chi connectivity index (χ0v) is 13.0. The van der Waals surface area contributed by atoms with Crippen LogP contribution in [0.2, 0.25) is 5.02 Å². The van der Waals surface area contributed by atoms with Gasteiger partial charge >= 0.3 is 0 Å². The molecule has 114 valence electrons. The first-order chi connectivity index (χ1) is 9.98. The van der Waals surface area contributed by atoms with Gasteiger partial charge in [0.1, 0.15) is 5.75 Å². The molecule has 0 radical (unpaired) electrons. The van der Waals surface area contributed by atoms with E-state index in [1.165, 1.54) is 6.08 Å². The quantitative estimate of drug-likeness (QED) is 0.794. The Morgan fingerprint density at radius 3 is 2.86 bits per heavy atom. The maximum atomic E-state index is 12.0. The fourth-order valence-electron chi connectivity index (χ4n) is 2.32. The summed E-state index contributed by atoms with van der Waals surface area (Å²) in [6, 6.07) is 5.21. The first kappa shape index (κ1) is 15.9. The summed E-state index contributed by atoms with van der Waals surface area (Å²) in [4.78, 5) is 12.0. The van der Waals surface area contributed by atoms with Crippen LogP contribution in [0.1, 0.15) is 25.3 Å². The molecule has 21 heavy (non-hydrogen) atoms. The van der Waals surface area contributed by atoms with Crippen LogP contribution in [-0.4, -0.2) is 30.3 Å². The smallest absolute Gasteiger partial charge is 0.244 e. The number of ether oxygens (including phenoxy) is 1. The summed E-state index contributed by atoms with van der Waals surface area (Å²) < 4.78 is 5.22. The molecule has 0 saturated heterocycles. The Morgan fingerprint density at radius 2 is 2.29 bits per heavy atom. The van der Waals surface area contributed by atoms with Gasteiger partial charge in [0, 0.05) is 16.7 Å². The molecule has 1 unspecified atom stereocenters. The topological polar surface area (TPSA) is 58.6 Å². The van der Waals surface area contributed by atoms with E-state index in [0.29, 0.717) is 16.7 Å². The fraction of sp³-hybridized carbons (Fsp3) is 0.438. The monoisotopic (exact) mass is 309 g/mol. The van der Waals surface area contributed by atoms with Crippen molar-refractivity contribution >= 4 is 23.6 Å². The molecule has 0 aliphatic heterocycles. The van der Waals surface area contributed by atoms with Crippen LogP contribution < -0.4 is 10.1 Å². The molecule has 1 aromatic rings. The van der Waals surface area contributed by atoms with Crippen LogP contribution >= 0.6 is 11.6 Å². The predicted octanol–water partition coefficient (Wildman–Crippen LogP) is 2.64. The lowest BCUT2D eigenvalue weighted by atomic mass is 9.97. The molecular formula is C16H20ClNO3. The highest BCUT2D eigenvalue weighted by Crippen LogP contribution is 2.39. The SMILES string of the molecule is COc1ccc(Cl)cc1/C=C/C(=O)NC(C)(CO)C1CC1. The number of nitrogens with one attached hydrogen (secondary N) is 1. The van der Waals surface area contributed by atoms with Crippen molar-refractivity contribution in [2.45, 2.75) is 25.3 Å². The van der Waals surface area contributed by atoms with Crippen molar-refractivity contribution in [3.63, 3.8) is 0 Å². The average molecular weight is 310 g/mol. The highest BCUT2D eigenvalue weighted by Gasteiger charge is 2.41. The van der Waals surface area contributed by atoms with E-state index in [9.17, 15) is 9.90 Å². The van der Waals surface area contributed by atoms with Crippen molar-refractivity contribution in [1.29, 1.82) is 0 Å². The minimum atomic E-state index is -0.542. The first-order valence-electron chi connectivity index (χ1n) is 6.93. The molecule has 1 aliphatic carbocycles. The van der Waals surface area contributed by atoms with Gasteiger partial charge in [0.2, 0.25) is 5.91 Å². The summed E-state index contributed by atoms with van der Waals surface area (Å²) >= 11 is 5.94. The molecule has 1 aromatic carbocycles. The molecule has 0 aromatic heterocycles. The minimum Gasteiger partial charge on any atom is -0.496 e. The number of hydrogen-bond donors (Lipinski definition) is 2. The average Bonchev–Trinajstić information content (AvgIpc) is 3.30. The van der Waals surface area contributed by atoms with Gasteiger partial charge in [0.15, 0.2) is 0 Å². The van der Waals surface area contributed by atoms with Crippen molar-refractivity contribution in [2.24, 2.45) is 5.92 Å². The Balaban J connectivity index is 2.06. The van der Waals surface area contributed by atoms with Gasteiger partial charge in [0.25, 0.3) is 0 Å². The summed E-state index contributed by atoms with van der Waals surface area (Å²) in [6.07, 6.45) is 5.18. The van der Waals surface area contributed by atoms with Gasteiger partial charge in [-0.2, -0.15) is 0 Å². The number of aliphatic hydroxyl groups excluding tert-OH is 1. The maximum Gasteiger partial charge on any atom is 0.244 e. The van der Waals surface area contributed by atoms with Crippen LogP contribution in [0.4, 0.5) is 0 Å². The van der Waals surface area contributed by atoms with Gasteiger partial charge in [-0.25, -0.2) is 0 Å². The van der Waals surface area contributed by atoms with E-state index in [2.05, 4.69) is 5.32 Å². The highest BCUT2D eigenvalue weighted by atomic mass is 35.5. The van der Waals surface area contributed by atoms with E-state index in [0.717, 1.165) is 18.4 Å². The van der Waals surface area contributed by atoms with Crippen molar-refractivity contribution in [3.8, 4) is 5.75 Å². The second-order valence-corrected chi connectivity index (χ2v) is 6.00. The number of amides is 1. The van der Waals surface area contributed by atoms with Gasteiger partial charge in [-0.15, -0.1) is 0 Å². The lowest BCUT2D eigenvalue weighted by Crippen LogP contribution is -2.50. The van der Waals surface area contributed by atoms with Crippen molar-refractivity contribution in [3.05, 3.63) is 34.9 Å². The molecule has 2 N–H and O–H groups in total. The molecule has 1 aliphatic rings. The Kier molecular flexibility index (Phi) is 4.91. The molecule has 4 nitrogen and oxygen atoms in total. The van der Waals surface area contributed by atoms with E-state index in [4.69, 9.17) is 16.3 Å². The number of carbonyl (C=O) groups is 1. The third kappa shape index (κ3) is 3.99. The Bertz CT molecular complexity index is 554. The van der Waals surface area contributed by atoms with Crippen LogP contribution in [0.25, 0.3) is 6.08 Å². The van der Waals surface area contributed by atoms with Crippen LogP contribution in [0.5, 0.6) is 5.75 Å². The van der Waals surface area contributed by atoms with E-state index in [-0.39, 0.29) is 12.5 Å². The van der Waals surface area contributed by atoms with Crippen molar-refractivity contribution < 1.29 is 14.6 Å². The van der Waals surface area contributed by atoms with Crippen LogP contribution in [0.3, 0.4) is 0 Å². The van der Waals surface area contributed by atoms with Crippen LogP contribution in [0, 0.1) is 5.92 Å². The van der Waals surface area contributed by atoms with Gasteiger partial charge in [-0.3, -0.25) is 4.79 Å². The van der Waals surface area contributed by atoms with Crippen molar-refractivity contribution in [1.82, 2.24) is 5.32 Å². The molecule has 0 spiro atoms. The number of benzene rings is 1. The molecule has 1 fully saturated rings. The number of rotatable bonds is 6. The van der Waals surface area contributed by atoms with E-state index in [1.54, 1.807) is 31.4 Å². The van der Waals surface area contributed by atoms with Gasteiger partial charge < -0.3 is 15.2 Å². The highest BCUT2D eigenvalue weighted by molar-refractivity contribution is 6.30. The molecule has 1 amide bonds. The summed E-state index contributed by atoms with van der Waals surface area (Å²) in [7, 11) is 1.57. The van der Waals surface area contributed by atoms with Crippen molar-refractivity contribution in [2.75, 3.05) is 13.7 Å². The Labute approximate surface area is 129 Å². The van der Waals surface area contributed by atoms with Crippen LogP contribution in [0.15, 0.2) is 24.3 Å². The third-order valence-electron chi connectivity index (χ3n) is 3.82. The minimum absolute atomic E-state index is 0.0578. The van der Waals surface area contributed by atoms with E-state index in [1.807, 2.05) is 6.92 Å². The zero-order valence-electron chi connectivity index (χ0n) is 12.2. The third-order valence-corrected chi connectivity index (χ3v) is 4.06. The number of methoxy groups -OCH3 is 1. The molecular weight excluding hydrogens is 290 g/mol. The summed E-state index contributed by atoms with van der Waals surface area (Å²) in [6.45, 7) is 1.81. The van der Waals surface area contributed by atoms with Gasteiger partial charge in [-0.1, -0.05) is 11.6 Å². The number of carbonyl (C=O) groups excluding carboxylic acids is 1. The summed E-state index contributed by atoms with van der Waals surface area (Å²) in [5.74, 6) is 0.775. The Hall–Kier alpha value is -1.52. The molecule has 0 bridgehead atoms. The normalized spacial score (nSPS) is 17.5. The summed E-state index contributed by atoms with van der Waals surface area (Å²) in [5.41, 5.74) is 0.192. The van der Waals surface area contributed by atoms with Gasteiger partial charge in [0.05, 0.1) is 19.3 Å². The number of hydrogen-bond acceptors (Lipinski definition) is 3. The first-order valence-corrected chi connectivity index (χ1v) is 7.31. The molecule has 0 heterocycles. The lowest BCUT2D eigenvalue weighted by molar-refractivity contribution is -0.119. The molecule has 1 atom stereocenters. The number of aliphatic hydroxyl groups is 1. The predicted molar refractivity (Wildman–Crippen MR) is 83.4 cm³/mol. The second kappa shape index (κ2) is 6.50. The maximum absolute atomic E-state index is 12.0. The van der Waals surface area contributed by atoms with E-state index < -0.39 is 5.54 Å². The standard InChI is InChI=1S/C16H20ClNO3/c1-16(10-19,12-4-5-12)18-15(20)8-3-11-9-13(17)6-7-14(11)21-2/h3,6-9,12,19H,4-5,10H2,1-2H3,(H,18,20)/b8-3+. The largest absolute Gasteiger partial charge is 0.496 e. The fourth-order valence-corrected chi connectivity index (χ4v) is 2.50. The summed E-state index contributed by atoms with van der Waals surface area (Å²) in [5, 5.41) is 12.9. The number of halogens is 1. The second-order valence-electron chi connectivity index (χ2n) is 5.56. The van der Waals surface area contributed by atoms with Gasteiger partial charge in [-0.05, 0) is 50.0 Å². The lowest BCUT2D eigenvalue weighted by Gasteiger charge is -2.28. The van der Waals surface area contributed by atoms with Crippen LogP contribution in [-0.2, 0) is 4.79 Å². The molecule has 2 rings (SSSR count). The Morgan fingerprint density at radius 1 is 1.57 bits per heavy atom.